The zero-order valence-corrected chi connectivity index (χ0v) is 10.3. The highest BCUT2D eigenvalue weighted by Crippen LogP contribution is 2.11. The summed E-state index contributed by atoms with van der Waals surface area (Å²) in [5.74, 6) is -0.941. The first-order chi connectivity index (χ1) is 8.66. The number of carbonyl (C=O) groups excluding carboxylic acids is 1. The SMILES string of the molecule is Nc1nc(CCNC(=O)c2ccccc2F)cs1. The molecule has 1 amide bonds. The molecule has 1 heterocycles. The van der Waals surface area contributed by atoms with Crippen LogP contribution >= 0.6 is 11.3 Å². The van der Waals surface area contributed by atoms with Gasteiger partial charge in [-0.15, -0.1) is 11.3 Å². The van der Waals surface area contributed by atoms with E-state index in [9.17, 15) is 9.18 Å². The van der Waals surface area contributed by atoms with Gasteiger partial charge in [0, 0.05) is 18.3 Å². The zero-order chi connectivity index (χ0) is 13.0. The van der Waals surface area contributed by atoms with Crippen LogP contribution in [0.3, 0.4) is 0 Å². The van der Waals surface area contributed by atoms with Crippen LogP contribution in [0.2, 0.25) is 0 Å². The highest BCUT2D eigenvalue weighted by molar-refractivity contribution is 7.13. The number of halogens is 1. The molecule has 0 saturated carbocycles. The van der Waals surface area contributed by atoms with Crippen LogP contribution in [0.4, 0.5) is 9.52 Å². The second-order valence-electron chi connectivity index (χ2n) is 3.66. The molecule has 3 N–H and O–H groups in total. The number of hydrogen-bond donors (Lipinski definition) is 2. The number of nitrogen functional groups attached to an aromatic ring is 1. The number of amides is 1. The van der Waals surface area contributed by atoms with E-state index in [1.807, 2.05) is 5.38 Å². The minimum Gasteiger partial charge on any atom is -0.375 e. The summed E-state index contributed by atoms with van der Waals surface area (Å²) < 4.78 is 13.3. The van der Waals surface area contributed by atoms with Gasteiger partial charge in [0.25, 0.3) is 5.91 Å². The molecule has 6 heteroatoms. The van der Waals surface area contributed by atoms with E-state index in [0.717, 1.165) is 5.69 Å². The number of benzene rings is 1. The van der Waals surface area contributed by atoms with E-state index >= 15 is 0 Å². The fourth-order valence-corrected chi connectivity index (χ4v) is 2.08. The van der Waals surface area contributed by atoms with Crippen LogP contribution in [0.25, 0.3) is 0 Å². The van der Waals surface area contributed by atoms with Crippen molar-refractivity contribution in [3.63, 3.8) is 0 Å². The molecule has 1 aromatic heterocycles. The van der Waals surface area contributed by atoms with E-state index in [4.69, 9.17) is 5.73 Å². The fraction of sp³-hybridized carbons (Fsp3) is 0.167. The average Bonchev–Trinajstić information content (AvgIpc) is 2.75. The van der Waals surface area contributed by atoms with Gasteiger partial charge in [0.1, 0.15) is 5.82 Å². The first-order valence-electron chi connectivity index (χ1n) is 5.39. The lowest BCUT2D eigenvalue weighted by Crippen LogP contribution is -2.26. The lowest BCUT2D eigenvalue weighted by atomic mass is 10.2. The number of aromatic nitrogens is 1. The van der Waals surface area contributed by atoms with Gasteiger partial charge >= 0.3 is 0 Å². The number of thiazole rings is 1. The minimum absolute atomic E-state index is 0.0512. The van der Waals surface area contributed by atoms with Crippen molar-refractivity contribution in [2.75, 3.05) is 12.3 Å². The van der Waals surface area contributed by atoms with Gasteiger partial charge in [-0.25, -0.2) is 9.37 Å². The summed E-state index contributed by atoms with van der Waals surface area (Å²) in [4.78, 5) is 15.7. The van der Waals surface area contributed by atoms with Crippen molar-refractivity contribution in [3.05, 3.63) is 46.7 Å². The molecule has 0 aliphatic heterocycles. The van der Waals surface area contributed by atoms with Gasteiger partial charge in [-0.05, 0) is 12.1 Å². The Kier molecular flexibility index (Phi) is 3.88. The minimum atomic E-state index is -0.520. The standard InChI is InChI=1S/C12H12FN3OS/c13-10-4-2-1-3-9(10)11(17)15-6-5-8-7-18-12(14)16-8/h1-4,7H,5-6H2,(H2,14,16)(H,15,17). The van der Waals surface area contributed by atoms with Crippen molar-refractivity contribution >= 4 is 22.4 Å². The number of hydrogen-bond acceptors (Lipinski definition) is 4. The first-order valence-corrected chi connectivity index (χ1v) is 6.27. The third-order valence-corrected chi connectivity index (χ3v) is 3.08. The van der Waals surface area contributed by atoms with Crippen LogP contribution in [0, 0.1) is 5.82 Å². The van der Waals surface area contributed by atoms with Crippen molar-refractivity contribution in [3.8, 4) is 0 Å². The Bertz CT molecular complexity index is 556. The molecule has 1 aromatic carbocycles. The molecule has 2 rings (SSSR count). The van der Waals surface area contributed by atoms with Crippen LogP contribution < -0.4 is 11.1 Å². The van der Waals surface area contributed by atoms with Gasteiger partial charge < -0.3 is 11.1 Å². The number of nitrogens with two attached hydrogens (primary N) is 1. The Hall–Kier alpha value is -1.95. The molecule has 94 valence electrons. The number of carbonyl (C=O) groups is 1. The van der Waals surface area contributed by atoms with Gasteiger partial charge in [-0.2, -0.15) is 0 Å². The Morgan fingerprint density at radius 1 is 1.44 bits per heavy atom. The maximum atomic E-state index is 13.3. The van der Waals surface area contributed by atoms with E-state index in [0.29, 0.717) is 18.1 Å². The maximum absolute atomic E-state index is 13.3. The Labute approximate surface area is 108 Å². The molecule has 0 atom stereocenters. The molecule has 0 aliphatic rings. The van der Waals surface area contributed by atoms with Crippen LogP contribution in [0.15, 0.2) is 29.6 Å². The summed E-state index contributed by atoms with van der Waals surface area (Å²) in [7, 11) is 0. The maximum Gasteiger partial charge on any atom is 0.254 e. The lowest BCUT2D eigenvalue weighted by molar-refractivity contribution is 0.0950. The number of anilines is 1. The largest absolute Gasteiger partial charge is 0.375 e. The smallest absolute Gasteiger partial charge is 0.254 e. The predicted molar refractivity (Wildman–Crippen MR) is 69.0 cm³/mol. The normalized spacial score (nSPS) is 10.3. The molecule has 0 bridgehead atoms. The summed E-state index contributed by atoms with van der Waals surface area (Å²) in [6.45, 7) is 0.399. The zero-order valence-electron chi connectivity index (χ0n) is 9.52. The summed E-state index contributed by atoms with van der Waals surface area (Å²) in [5, 5.41) is 4.99. The van der Waals surface area contributed by atoms with Crippen molar-refractivity contribution in [1.82, 2.24) is 10.3 Å². The second kappa shape index (κ2) is 5.59. The van der Waals surface area contributed by atoms with E-state index < -0.39 is 11.7 Å². The van der Waals surface area contributed by atoms with Crippen molar-refractivity contribution in [2.24, 2.45) is 0 Å². The van der Waals surface area contributed by atoms with Gasteiger partial charge in [-0.3, -0.25) is 4.79 Å². The molecule has 4 nitrogen and oxygen atoms in total. The quantitative estimate of drug-likeness (QED) is 0.886. The molecule has 18 heavy (non-hydrogen) atoms. The highest BCUT2D eigenvalue weighted by atomic mass is 32.1. The predicted octanol–water partition coefficient (Wildman–Crippen LogP) is 1.84. The Morgan fingerprint density at radius 3 is 2.89 bits per heavy atom. The first kappa shape index (κ1) is 12.5. The fourth-order valence-electron chi connectivity index (χ4n) is 1.48. The van der Waals surface area contributed by atoms with E-state index in [1.54, 1.807) is 12.1 Å². The third-order valence-electron chi connectivity index (χ3n) is 2.35. The monoisotopic (exact) mass is 265 g/mol. The third kappa shape index (κ3) is 3.04. The molecule has 0 unspecified atom stereocenters. The topological polar surface area (TPSA) is 68.0 Å². The number of rotatable bonds is 4. The molecule has 2 aromatic rings. The molecule has 0 fully saturated rings. The molecule has 0 saturated heterocycles. The summed E-state index contributed by atoms with van der Waals surface area (Å²) in [6.07, 6.45) is 0.577. The number of nitrogens with one attached hydrogen (secondary N) is 1. The van der Waals surface area contributed by atoms with Crippen molar-refractivity contribution in [2.45, 2.75) is 6.42 Å². The van der Waals surface area contributed by atoms with E-state index in [1.165, 1.54) is 23.5 Å². The lowest BCUT2D eigenvalue weighted by Gasteiger charge is -2.04. The van der Waals surface area contributed by atoms with Crippen LogP contribution in [0.5, 0.6) is 0 Å². The molecular formula is C12H12FN3OS. The molecular weight excluding hydrogens is 253 g/mol. The van der Waals surface area contributed by atoms with Crippen LogP contribution in [0.1, 0.15) is 16.1 Å². The van der Waals surface area contributed by atoms with Gasteiger partial charge in [0.15, 0.2) is 5.13 Å². The van der Waals surface area contributed by atoms with Gasteiger partial charge in [0.05, 0.1) is 11.3 Å². The Balaban J connectivity index is 1.87. The van der Waals surface area contributed by atoms with E-state index in [2.05, 4.69) is 10.3 Å². The van der Waals surface area contributed by atoms with E-state index in [-0.39, 0.29) is 5.56 Å². The van der Waals surface area contributed by atoms with Crippen LogP contribution in [-0.4, -0.2) is 17.4 Å². The van der Waals surface area contributed by atoms with Gasteiger partial charge in [-0.1, -0.05) is 12.1 Å². The summed E-state index contributed by atoms with van der Waals surface area (Å²) in [6, 6.07) is 5.88. The summed E-state index contributed by atoms with van der Waals surface area (Å²) >= 11 is 1.36. The van der Waals surface area contributed by atoms with Gasteiger partial charge in [0.2, 0.25) is 0 Å². The van der Waals surface area contributed by atoms with Crippen LogP contribution in [-0.2, 0) is 6.42 Å². The summed E-state index contributed by atoms with van der Waals surface area (Å²) in [5.41, 5.74) is 6.37. The number of nitrogens with zero attached hydrogens (tertiary/aromatic N) is 1. The highest BCUT2D eigenvalue weighted by Gasteiger charge is 2.09. The van der Waals surface area contributed by atoms with Crippen molar-refractivity contribution < 1.29 is 9.18 Å². The second-order valence-corrected chi connectivity index (χ2v) is 4.55. The molecule has 0 radical (unpaired) electrons. The molecule has 0 spiro atoms. The average molecular weight is 265 g/mol. The molecule has 0 aliphatic carbocycles. The van der Waals surface area contributed by atoms with Crippen molar-refractivity contribution in [1.29, 1.82) is 0 Å². The Morgan fingerprint density at radius 2 is 2.22 bits per heavy atom.